The SMILES string of the molecule is c1c[si-]c[si-]c1. The first-order chi connectivity index (χ1) is 3.00. The summed E-state index contributed by atoms with van der Waals surface area (Å²) in [6.07, 6.45) is 0. The molecular formula is C4H4Si2-2. The first kappa shape index (κ1) is 4.08. The quantitative estimate of drug-likeness (QED) is 0.421. The zero-order valence-corrected chi connectivity index (χ0v) is 5.31. The normalized spacial score (nSPS) is 8.00. The van der Waals surface area contributed by atoms with Crippen LogP contribution in [0.2, 0.25) is 0 Å². The summed E-state index contributed by atoms with van der Waals surface area (Å²) in [5.74, 6) is 0. The van der Waals surface area contributed by atoms with Gasteiger partial charge >= 0.3 is 0 Å². The van der Waals surface area contributed by atoms with E-state index in [1.54, 1.807) is 0 Å². The smallest absolute Gasteiger partial charge is 0.142 e. The van der Waals surface area contributed by atoms with Crippen molar-refractivity contribution in [2.24, 2.45) is 0 Å². The second kappa shape index (κ2) is 2.15. The molecule has 0 spiro atoms. The van der Waals surface area contributed by atoms with Gasteiger partial charge in [-0.1, -0.05) is 0 Å². The fourth-order valence-corrected chi connectivity index (χ4v) is 2.07. The molecule has 0 aliphatic carbocycles. The van der Waals surface area contributed by atoms with Crippen molar-refractivity contribution in [1.82, 2.24) is 0 Å². The second-order valence-corrected chi connectivity index (χ2v) is 3.49. The van der Waals surface area contributed by atoms with Gasteiger partial charge in [-0.05, 0) is 0 Å². The van der Waals surface area contributed by atoms with E-state index in [0.29, 0.717) is 0 Å². The van der Waals surface area contributed by atoms with E-state index >= 15 is 0 Å². The predicted octanol–water partition coefficient (Wildman–Crippen LogP) is 0.363. The van der Waals surface area contributed by atoms with Crippen LogP contribution >= 0.6 is 0 Å². The summed E-state index contributed by atoms with van der Waals surface area (Å²) in [4.78, 5) is 0. The first-order valence-corrected chi connectivity index (χ1v) is 4.13. The third-order valence-corrected chi connectivity index (χ3v) is 2.65. The van der Waals surface area contributed by atoms with Crippen LogP contribution in [0.3, 0.4) is 0 Å². The minimum atomic E-state index is 0.977. The Labute approximate surface area is 41.7 Å². The van der Waals surface area contributed by atoms with Crippen molar-refractivity contribution >= 4 is 18.2 Å². The topological polar surface area (TPSA) is 0 Å². The molecule has 2 heteroatoms. The van der Waals surface area contributed by atoms with Gasteiger partial charge in [-0.3, -0.25) is 11.4 Å². The average Bonchev–Trinajstić information content (AvgIpc) is 1.72. The maximum Gasteiger partial charge on any atom is -0.142 e. The van der Waals surface area contributed by atoms with E-state index in [9.17, 15) is 0 Å². The van der Waals surface area contributed by atoms with E-state index in [2.05, 4.69) is 22.7 Å². The maximum atomic E-state index is 2.31. The Bertz CT molecular complexity index is 77.5. The average molecular weight is 108 g/mol. The molecule has 1 rings (SSSR count). The fraction of sp³-hybridized carbons (Fsp3) is 0. The van der Waals surface area contributed by atoms with Crippen LogP contribution in [0.25, 0.3) is 0 Å². The molecule has 0 saturated heterocycles. The Hall–Kier alpha value is -0.0862. The van der Waals surface area contributed by atoms with Crippen molar-refractivity contribution in [1.29, 1.82) is 0 Å². The molecule has 1 aromatic rings. The van der Waals surface area contributed by atoms with E-state index in [-0.39, 0.29) is 0 Å². The van der Waals surface area contributed by atoms with E-state index in [1.165, 1.54) is 0 Å². The van der Waals surface area contributed by atoms with Crippen LogP contribution < -0.4 is 0 Å². The summed E-state index contributed by atoms with van der Waals surface area (Å²) in [6, 6.07) is 2.14. The molecule has 0 atom stereocenters. The molecular weight excluding hydrogens is 104 g/mol. The molecule has 6 heavy (non-hydrogen) atoms. The van der Waals surface area contributed by atoms with E-state index < -0.39 is 0 Å². The van der Waals surface area contributed by atoms with Crippen LogP contribution in [0.4, 0.5) is 0 Å². The van der Waals surface area contributed by atoms with Crippen LogP contribution in [-0.2, 0) is 0 Å². The van der Waals surface area contributed by atoms with E-state index in [0.717, 1.165) is 18.2 Å². The lowest BCUT2D eigenvalue weighted by Crippen LogP contribution is -1.69. The lowest BCUT2D eigenvalue weighted by molar-refractivity contribution is 2.06. The highest BCUT2D eigenvalue weighted by Crippen LogP contribution is 1.65. The predicted molar refractivity (Wildman–Crippen MR) is 29.1 cm³/mol. The molecule has 1 heterocycles. The van der Waals surface area contributed by atoms with E-state index in [4.69, 9.17) is 0 Å². The summed E-state index contributed by atoms with van der Waals surface area (Å²) in [5, 5.41) is 2.31. The van der Waals surface area contributed by atoms with Crippen LogP contribution in [0.1, 0.15) is 0 Å². The summed E-state index contributed by atoms with van der Waals surface area (Å²) in [5.41, 5.74) is 4.38. The number of hydrogen-bond acceptors (Lipinski definition) is 0. The summed E-state index contributed by atoms with van der Waals surface area (Å²) in [6.45, 7) is 0. The van der Waals surface area contributed by atoms with Crippen molar-refractivity contribution in [3.05, 3.63) is 22.7 Å². The van der Waals surface area contributed by atoms with Gasteiger partial charge in [0.25, 0.3) is 0 Å². The van der Waals surface area contributed by atoms with Crippen molar-refractivity contribution < 1.29 is 0 Å². The standard InChI is InChI=1S/C4H4Si2/c1-2-5-4-6-3-1/h1-4H/q-2. The Morgan fingerprint density at radius 2 is 1.67 bits per heavy atom. The zero-order valence-electron chi connectivity index (χ0n) is 3.31. The van der Waals surface area contributed by atoms with Crippen molar-refractivity contribution in [2.45, 2.75) is 0 Å². The molecule has 0 aliphatic heterocycles. The van der Waals surface area contributed by atoms with Gasteiger partial charge in [0, 0.05) is 0 Å². The molecule has 0 aromatic carbocycles. The highest BCUT2D eigenvalue weighted by Gasteiger charge is 1.31. The summed E-state index contributed by atoms with van der Waals surface area (Å²) in [7, 11) is 1.95. The van der Waals surface area contributed by atoms with Gasteiger partial charge in [-0.25, -0.2) is 0 Å². The molecule has 1 aromatic heterocycles. The molecule has 0 saturated carbocycles. The highest BCUT2D eigenvalue weighted by atomic mass is 28.2. The van der Waals surface area contributed by atoms with E-state index in [1.807, 2.05) is 0 Å². The van der Waals surface area contributed by atoms with Crippen molar-refractivity contribution in [3.8, 4) is 0 Å². The molecule has 0 aliphatic rings. The van der Waals surface area contributed by atoms with Crippen LogP contribution in [0, 0.1) is 0 Å². The first-order valence-electron chi connectivity index (χ1n) is 1.82. The second-order valence-electron chi connectivity index (χ2n) is 1.00. The van der Waals surface area contributed by atoms with Crippen LogP contribution in [-0.4, -0.2) is 18.2 Å². The van der Waals surface area contributed by atoms with Gasteiger partial charge in [0.05, 0.1) is 0 Å². The number of rotatable bonds is 0. The van der Waals surface area contributed by atoms with Gasteiger partial charge in [-0.15, -0.1) is 6.07 Å². The molecule has 30 valence electrons. The van der Waals surface area contributed by atoms with Crippen LogP contribution in [0.5, 0.6) is 0 Å². The van der Waals surface area contributed by atoms with Gasteiger partial charge < -0.3 is 23.5 Å². The minimum absolute atomic E-state index is 0.977. The molecule has 0 radical (unpaired) electrons. The van der Waals surface area contributed by atoms with Gasteiger partial charge in [0.1, 0.15) is 0 Å². The van der Waals surface area contributed by atoms with Crippen molar-refractivity contribution in [2.75, 3.05) is 0 Å². The molecule has 0 unspecified atom stereocenters. The lowest BCUT2D eigenvalue weighted by Gasteiger charge is -1.99. The third-order valence-electron chi connectivity index (χ3n) is 0.552. The molecule has 0 N–H and O–H groups in total. The molecule has 0 fully saturated rings. The molecule has 0 nitrogen and oxygen atoms in total. The highest BCUT2D eigenvalue weighted by molar-refractivity contribution is 6.44. The molecule has 0 amide bonds. The largest absolute Gasteiger partial charge is 0.467 e. The number of hydrogen-bond donors (Lipinski definition) is 0. The van der Waals surface area contributed by atoms with Crippen LogP contribution in [0.15, 0.2) is 22.7 Å². The minimum Gasteiger partial charge on any atom is -0.467 e. The fourth-order valence-electron chi connectivity index (χ4n) is 0.304. The Balaban J connectivity index is 3.00. The summed E-state index contributed by atoms with van der Waals surface area (Å²) < 4.78 is 0. The lowest BCUT2D eigenvalue weighted by atomic mass is 10.8. The van der Waals surface area contributed by atoms with Gasteiger partial charge in [-0.2, -0.15) is 0 Å². The molecule has 0 bridgehead atoms. The summed E-state index contributed by atoms with van der Waals surface area (Å²) >= 11 is 0. The van der Waals surface area contributed by atoms with Crippen molar-refractivity contribution in [3.63, 3.8) is 0 Å². The van der Waals surface area contributed by atoms with Gasteiger partial charge in [0.15, 0.2) is 0 Å². The Kier molecular flexibility index (Phi) is 1.46. The van der Waals surface area contributed by atoms with Gasteiger partial charge in [0.2, 0.25) is 0 Å². The third kappa shape index (κ3) is 0.950. The monoisotopic (exact) mass is 108 g/mol. The Morgan fingerprint density at radius 3 is 1.83 bits per heavy atom. The zero-order chi connectivity index (χ0) is 4.24. The maximum absolute atomic E-state index is 2.31. The Morgan fingerprint density at radius 1 is 1.00 bits per heavy atom.